The van der Waals surface area contributed by atoms with Gasteiger partial charge in [-0.1, -0.05) is 35.2 Å². The largest absolute Gasteiger partial charge is 0.484 e. The molecule has 0 radical (unpaired) electrons. The fourth-order valence-electron chi connectivity index (χ4n) is 4.08. The van der Waals surface area contributed by atoms with E-state index < -0.39 is 10.0 Å². The van der Waals surface area contributed by atoms with Gasteiger partial charge in [-0.25, -0.2) is 13.1 Å². The molecule has 0 atom stereocenters. The first-order valence-corrected chi connectivity index (χ1v) is 12.5. The summed E-state index contributed by atoms with van der Waals surface area (Å²) in [4.78, 5) is 14.5. The Morgan fingerprint density at radius 1 is 1.10 bits per heavy atom. The van der Waals surface area contributed by atoms with Crippen LogP contribution in [-0.2, 0) is 21.2 Å². The van der Waals surface area contributed by atoms with Crippen molar-refractivity contribution in [1.82, 2.24) is 4.72 Å². The van der Waals surface area contributed by atoms with Gasteiger partial charge in [-0.3, -0.25) is 4.79 Å². The molecule has 0 unspecified atom stereocenters. The molecule has 1 amide bonds. The van der Waals surface area contributed by atoms with Gasteiger partial charge < -0.3 is 9.64 Å². The molecule has 0 aromatic heterocycles. The number of amides is 1. The number of anilines is 1. The van der Waals surface area contributed by atoms with E-state index in [2.05, 4.69) is 20.7 Å². The number of halogens is 1. The van der Waals surface area contributed by atoms with Crippen molar-refractivity contribution in [3.8, 4) is 5.75 Å². The zero-order chi connectivity index (χ0) is 21.1. The molecule has 1 aliphatic carbocycles. The number of nitrogens with one attached hydrogen (secondary N) is 1. The van der Waals surface area contributed by atoms with E-state index in [0.29, 0.717) is 12.3 Å². The second-order valence-corrected chi connectivity index (χ2v) is 10.4. The average molecular weight is 493 g/mol. The van der Waals surface area contributed by atoms with Gasteiger partial charge in [-0.2, -0.15) is 0 Å². The second-order valence-electron chi connectivity index (χ2n) is 7.78. The van der Waals surface area contributed by atoms with Gasteiger partial charge >= 0.3 is 0 Å². The van der Waals surface area contributed by atoms with Crippen LogP contribution in [0.25, 0.3) is 0 Å². The molecule has 4 rings (SSSR count). The van der Waals surface area contributed by atoms with Crippen LogP contribution in [0.4, 0.5) is 5.69 Å². The zero-order valence-corrected chi connectivity index (χ0v) is 19.0. The van der Waals surface area contributed by atoms with Crippen molar-refractivity contribution >= 4 is 37.5 Å². The van der Waals surface area contributed by atoms with Crippen molar-refractivity contribution in [3.05, 3.63) is 52.5 Å². The fraction of sp³-hybridized carbons (Fsp3) is 0.409. The quantitative estimate of drug-likeness (QED) is 0.660. The number of rotatable bonds is 6. The number of benzene rings is 2. The molecule has 1 N–H and O–H groups in total. The van der Waals surface area contributed by atoms with Crippen LogP contribution in [0.5, 0.6) is 5.75 Å². The van der Waals surface area contributed by atoms with Gasteiger partial charge in [0, 0.05) is 22.7 Å². The third-order valence-corrected chi connectivity index (χ3v) is 7.69. The molecule has 2 aromatic carbocycles. The monoisotopic (exact) mass is 492 g/mol. The molecule has 160 valence electrons. The highest BCUT2D eigenvalue weighted by atomic mass is 79.9. The van der Waals surface area contributed by atoms with E-state index in [1.165, 1.54) is 18.6 Å². The molecule has 8 heteroatoms. The number of carbonyl (C=O) groups excluding carboxylic acids is 1. The molecule has 0 bridgehead atoms. The minimum atomic E-state index is -3.54. The Kier molecular flexibility index (Phi) is 6.46. The number of hydrogen-bond donors (Lipinski definition) is 1. The van der Waals surface area contributed by atoms with Crippen LogP contribution in [0.1, 0.15) is 37.7 Å². The van der Waals surface area contributed by atoms with Crippen molar-refractivity contribution in [2.75, 3.05) is 18.1 Å². The highest BCUT2D eigenvalue weighted by Crippen LogP contribution is 2.30. The summed E-state index contributed by atoms with van der Waals surface area (Å²) in [5.74, 6) is 0.349. The van der Waals surface area contributed by atoms with Crippen LogP contribution < -0.4 is 14.4 Å². The summed E-state index contributed by atoms with van der Waals surface area (Å²) >= 11 is 3.46. The number of carbonyl (C=O) groups is 1. The predicted octanol–water partition coefficient (Wildman–Crippen LogP) is 4.03. The van der Waals surface area contributed by atoms with Crippen LogP contribution in [0.15, 0.2) is 51.8 Å². The minimum Gasteiger partial charge on any atom is -0.484 e. The van der Waals surface area contributed by atoms with E-state index >= 15 is 0 Å². The summed E-state index contributed by atoms with van der Waals surface area (Å²) in [5.41, 5.74) is 2.06. The molecule has 6 nitrogen and oxygen atoms in total. The lowest BCUT2D eigenvalue weighted by Gasteiger charge is -2.22. The molecule has 2 aliphatic rings. The van der Waals surface area contributed by atoms with Gasteiger partial charge in [0.15, 0.2) is 6.61 Å². The van der Waals surface area contributed by atoms with E-state index in [0.717, 1.165) is 47.8 Å². The van der Waals surface area contributed by atoms with E-state index in [1.54, 1.807) is 17.0 Å². The summed E-state index contributed by atoms with van der Waals surface area (Å²) in [6.07, 6.45) is 5.89. The summed E-state index contributed by atoms with van der Waals surface area (Å²) in [6, 6.07) is 12.1. The molecule has 1 fully saturated rings. The maximum absolute atomic E-state index is 12.6. The minimum absolute atomic E-state index is 0.0151. The second kappa shape index (κ2) is 9.08. The molecule has 2 aromatic rings. The number of nitrogens with zero attached hydrogens (tertiary/aromatic N) is 1. The summed E-state index contributed by atoms with van der Waals surface area (Å²) in [7, 11) is -3.54. The topological polar surface area (TPSA) is 75.7 Å². The first-order chi connectivity index (χ1) is 14.4. The van der Waals surface area contributed by atoms with E-state index in [1.807, 2.05) is 18.2 Å². The van der Waals surface area contributed by atoms with Gasteiger partial charge in [0.05, 0.1) is 4.90 Å². The zero-order valence-electron chi connectivity index (χ0n) is 16.6. The number of hydrogen-bond acceptors (Lipinski definition) is 4. The Hall–Kier alpha value is -1.90. The maximum atomic E-state index is 12.6. The van der Waals surface area contributed by atoms with Gasteiger partial charge in [-0.15, -0.1) is 0 Å². The Balaban J connectivity index is 1.34. The highest BCUT2D eigenvalue weighted by molar-refractivity contribution is 9.10. The first-order valence-electron chi connectivity index (χ1n) is 10.3. The molecular formula is C22H25BrN2O4S. The molecule has 1 heterocycles. The van der Waals surface area contributed by atoms with Crippen LogP contribution in [0.3, 0.4) is 0 Å². The number of fused-ring (bicyclic) bond motifs is 1. The van der Waals surface area contributed by atoms with E-state index in [-0.39, 0.29) is 23.5 Å². The third-order valence-electron chi connectivity index (χ3n) is 5.66. The lowest BCUT2D eigenvalue weighted by Crippen LogP contribution is -2.36. The molecule has 1 aliphatic heterocycles. The van der Waals surface area contributed by atoms with Gasteiger partial charge in [0.25, 0.3) is 5.91 Å². The summed E-state index contributed by atoms with van der Waals surface area (Å²) < 4.78 is 34.6. The maximum Gasteiger partial charge on any atom is 0.264 e. The lowest BCUT2D eigenvalue weighted by molar-refractivity contribution is -0.120. The van der Waals surface area contributed by atoms with Gasteiger partial charge in [-0.05, 0) is 67.3 Å². The summed E-state index contributed by atoms with van der Waals surface area (Å²) in [5, 5.41) is 0. The van der Waals surface area contributed by atoms with Crippen molar-refractivity contribution < 1.29 is 17.9 Å². The van der Waals surface area contributed by atoms with Crippen molar-refractivity contribution in [1.29, 1.82) is 0 Å². The van der Waals surface area contributed by atoms with Gasteiger partial charge in [0.2, 0.25) is 10.0 Å². The first kappa shape index (κ1) is 21.3. The van der Waals surface area contributed by atoms with E-state index in [4.69, 9.17) is 4.74 Å². The summed E-state index contributed by atoms with van der Waals surface area (Å²) in [6.45, 7) is 0.542. The Morgan fingerprint density at radius 3 is 2.57 bits per heavy atom. The fourth-order valence-corrected chi connectivity index (χ4v) is 5.79. The van der Waals surface area contributed by atoms with Crippen molar-refractivity contribution in [3.63, 3.8) is 0 Å². The standard InChI is InChI=1S/C22H25BrN2O4S/c23-17-6-11-21-16(14-17)12-13-25(21)22(26)15-29-19-7-9-20(10-8-19)30(27,28)24-18-4-2-1-3-5-18/h6-11,14,18,24H,1-5,12-13,15H2. The number of ether oxygens (including phenoxy) is 1. The normalized spacial score (nSPS) is 17.0. The smallest absolute Gasteiger partial charge is 0.264 e. The van der Waals surface area contributed by atoms with Crippen LogP contribution in [0.2, 0.25) is 0 Å². The predicted molar refractivity (Wildman–Crippen MR) is 119 cm³/mol. The molecule has 0 saturated heterocycles. The third kappa shape index (κ3) is 4.87. The van der Waals surface area contributed by atoms with E-state index in [9.17, 15) is 13.2 Å². The Morgan fingerprint density at radius 2 is 1.83 bits per heavy atom. The Bertz CT molecular complexity index is 1020. The van der Waals surface area contributed by atoms with Gasteiger partial charge in [0.1, 0.15) is 5.75 Å². The molecule has 1 saturated carbocycles. The van der Waals surface area contributed by atoms with Crippen molar-refractivity contribution in [2.45, 2.75) is 49.5 Å². The number of sulfonamides is 1. The van der Waals surface area contributed by atoms with Crippen molar-refractivity contribution in [2.24, 2.45) is 0 Å². The molecule has 0 spiro atoms. The molecular weight excluding hydrogens is 468 g/mol. The lowest BCUT2D eigenvalue weighted by atomic mass is 9.96. The molecule has 30 heavy (non-hydrogen) atoms. The SMILES string of the molecule is O=C(COc1ccc(S(=O)(=O)NC2CCCCC2)cc1)N1CCc2cc(Br)ccc21. The van der Waals surface area contributed by atoms with Crippen LogP contribution in [-0.4, -0.2) is 33.5 Å². The van der Waals surface area contributed by atoms with Crippen LogP contribution >= 0.6 is 15.9 Å². The average Bonchev–Trinajstić information content (AvgIpc) is 3.16. The van der Waals surface area contributed by atoms with Crippen LogP contribution in [0, 0.1) is 0 Å². The Labute approximate surface area is 185 Å². The highest BCUT2D eigenvalue weighted by Gasteiger charge is 2.25.